The molecule has 2 aromatic carbocycles. The van der Waals surface area contributed by atoms with E-state index in [-0.39, 0.29) is 22.5 Å². The lowest BCUT2D eigenvalue weighted by Crippen LogP contribution is -2.28. The Labute approximate surface area is 147 Å². The van der Waals surface area contributed by atoms with Crippen LogP contribution >= 0.6 is 11.6 Å². The lowest BCUT2D eigenvalue weighted by molar-refractivity contribution is 0.0935. The summed E-state index contributed by atoms with van der Waals surface area (Å²) in [7, 11) is -3.43. The summed E-state index contributed by atoms with van der Waals surface area (Å²) in [5, 5.41) is 3.19. The third-order valence-electron chi connectivity index (χ3n) is 3.43. The smallest absolute Gasteiger partial charge is 0.253 e. The second kappa shape index (κ2) is 7.68. The van der Waals surface area contributed by atoms with Crippen LogP contribution in [0.5, 0.6) is 0 Å². The van der Waals surface area contributed by atoms with Gasteiger partial charge in [-0.15, -0.1) is 0 Å². The van der Waals surface area contributed by atoms with E-state index in [4.69, 9.17) is 11.6 Å². The van der Waals surface area contributed by atoms with E-state index in [0.29, 0.717) is 12.1 Å². The molecule has 0 heterocycles. The van der Waals surface area contributed by atoms with Crippen molar-refractivity contribution >= 4 is 33.2 Å². The summed E-state index contributed by atoms with van der Waals surface area (Å²) in [6, 6.07) is 13.9. The highest BCUT2D eigenvalue weighted by Crippen LogP contribution is 2.23. The molecule has 7 heteroatoms. The lowest BCUT2D eigenvalue weighted by atomic mass is 10.0. The summed E-state index contributed by atoms with van der Waals surface area (Å²) in [4.78, 5) is 12.6. The Balaban J connectivity index is 2.24. The number of benzene rings is 2. The molecule has 0 aliphatic rings. The summed E-state index contributed by atoms with van der Waals surface area (Å²) < 4.78 is 25.0. The number of amides is 1. The van der Waals surface area contributed by atoms with Crippen LogP contribution in [-0.2, 0) is 10.0 Å². The summed E-state index contributed by atoms with van der Waals surface area (Å²) >= 11 is 6.10. The van der Waals surface area contributed by atoms with Gasteiger partial charge in [0.1, 0.15) is 0 Å². The average molecular weight is 367 g/mol. The molecule has 0 fully saturated rings. The lowest BCUT2D eigenvalue weighted by Gasteiger charge is -2.18. The zero-order valence-electron chi connectivity index (χ0n) is 13.4. The van der Waals surface area contributed by atoms with Crippen LogP contribution < -0.4 is 10.0 Å². The molecule has 0 saturated carbocycles. The minimum Gasteiger partial charge on any atom is -0.345 e. The van der Waals surface area contributed by atoms with E-state index in [2.05, 4.69) is 10.0 Å². The van der Waals surface area contributed by atoms with Crippen molar-refractivity contribution in [2.45, 2.75) is 19.4 Å². The minimum absolute atomic E-state index is 0.152. The predicted molar refractivity (Wildman–Crippen MR) is 96.9 cm³/mol. The number of anilines is 1. The van der Waals surface area contributed by atoms with Gasteiger partial charge in [-0.3, -0.25) is 9.52 Å². The van der Waals surface area contributed by atoms with Gasteiger partial charge in [0.15, 0.2) is 0 Å². The number of hydrogen-bond donors (Lipinski definition) is 2. The number of rotatable bonds is 6. The normalized spacial score (nSPS) is 12.5. The van der Waals surface area contributed by atoms with E-state index in [1.807, 2.05) is 37.3 Å². The van der Waals surface area contributed by atoms with Gasteiger partial charge in [0, 0.05) is 5.69 Å². The molecule has 0 unspecified atom stereocenters. The van der Waals surface area contributed by atoms with E-state index in [0.717, 1.165) is 11.8 Å². The van der Waals surface area contributed by atoms with E-state index in [1.165, 1.54) is 18.2 Å². The van der Waals surface area contributed by atoms with Crippen molar-refractivity contribution in [2.24, 2.45) is 0 Å². The molecule has 2 N–H and O–H groups in total. The van der Waals surface area contributed by atoms with Gasteiger partial charge < -0.3 is 5.32 Å². The fourth-order valence-electron chi connectivity index (χ4n) is 2.32. The highest BCUT2D eigenvalue weighted by molar-refractivity contribution is 7.92. The molecule has 0 spiro atoms. The number of halogens is 1. The first-order chi connectivity index (χ1) is 11.3. The molecule has 1 atom stereocenters. The van der Waals surface area contributed by atoms with E-state index in [1.54, 1.807) is 0 Å². The molecule has 0 aliphatic heterocycles. The van der Waals surface area contributed by atoms with Gasteiger partial charge in [0.25, 0.3) is 5.91 Å². The molecule has 2 aromatic rings. The molecule has 0 bridgehead atoms. The molecule has 0 radical (unpaired) electrons. The van der Waals surface area contributed by atoms with Gasteiger partial charge in [-0.05, 0) is 30.2 Å². The Hall–Kier alpha value is -2.05. The average Bonchev–Trinajstić information content (AvgIpc) is 2.53. The molecule has 2 rings (SSSR count). The van der Waals surface area contributed by atoms with Crippen molar-refractivity contribution in [3.63, 3.8) is 0 Å². The number of carbonyl (C=O) groups excluding carboxylic acids is 1. The quantitative estimate of drug-likeness (QED) is 0.820. The third kappa shape index (κ3) is 4.97. The summed E-state index contributed by atoms with van der Waals surface area (Å²) in [6.45, 7) is 1.97. The van der Waals surface area contributed by atoms with Gasteiger partial charge in [0.05, 0.1) is 22.9 Å². The summed E-state index contributed by atoms with van der Waals surface area (Å²) in [6.07, 6.45) is 1.76. The van der Waals surface area contributed by atoms with Crippen LogP contribution in [0.1, 0.15) is 35.3 Å². The fraction of sp³-hybridized carbons (Fsp3) is 0.235. The van der Waals surface area contributed by atoms with Gasteiger partial charge in [-0.1, -0.05) is 48.9 Å². The molecule has 128 valence electrons. The van der Waals surface area contributed by atoms with Crippen LogP contribution in [0.3, 0.4) is 0 Å². The molecule has 1 amide bonds. The van der Waals surface area contributed by atoms with Crippen molar-refractivity contribution < 1.29 is 13.2 Å². The maximum Gasteiger partial charge on any atom is 0.253 e. The van der Waals surface area contributed by atoms with E-state index in [9.17, 15) is 13.2 Å². The van der Waals surface area contributed by atoms with Crippen molar-refractivity contribution in [2.75, 3.05) is 11.0 Å². The highest BCUT2D eigenvalue weighted by atomic mass is 35.5. The SMILES string of the molecule is CC[C@H](NC(=O)c1cc(NS(C)(=O)=O)ccc1Cl)c1ccccc1. The minimum atomic E-state index is -3.43. The first kappa shape index (κ1) is 18.3. The molecule has 24 heavy (non-hydrogen) atoms. The van der Waals surface area contributed by atoms with Crippen LogP contribution in [0.2, 0.25) is 5.02 Å². The van der Waals surface area contributed by atoms with Crippen LogP contribution in [0.15, 0.2) is 48.5 Å². The van der Waals surface area contributed by atoms with Gasteiger partial charge in [-0.2, -0.15) is 0 Å². The van der Waals surface area contributed by atoms with Crippen LogP contribution in [0.4, 0.5) is 5.69 Å². The fourth-order valence-corrected chi connectivity index (χ4v) is 3.08. The number of hydrogen-bond acceptors (Lipinski definition) is 3. The molecule has 0 saturated heterocycles. The van der Waals surface area contributed by atoms with Crippen LogP contribution in [-0.4, -0.2) is 20.6 Å². The van der Waals surface area contributed by atoms with E-state index < -0.39 is 10.0 Å². The number of sulfonamides is 1. The molecule has 5 nitrogen and oxygen atoms in total. The third-order valence-corrected chi connectivity index (χ3v) is 4.37. The van der Waals surface area contributed by atoms with Crippen molar-refractivity contribution in [1.29, 1.82) is 0 Å². The summed E-state index contributed by atoms with van der Waals surface area (Å²) in [5.74, 6) is -0.354. The summed E-state index contributed by atoms with van der Waals surface area (Å²) in [5.41, 5.74) is 1.51. The van der Waals surface area contributed by atoms with Crippen molar-refractivity contribution in [3.05, 3.63) is 64.7 Å². The molecular formula is C17H19ClN2O3S. The second-order valence-electron chi connectivity index (χ2n) is 5.41. The topological polar surface area (TPSA) is 75.3 Å². The first-order valence-corrected chi connectivity index (χ1v) is 9.70. The van der Waals surface area contributed by atoms with Gasteiger partial charge in [0.2, 0.25) is 10.0 Å². The number of nitrogens with one attached hydrogen (secondary N) is 2. The maximum absolute atomic E-state index is 12.6. The Morgan fingerprint density at radius 3 is 2.42 bits per heavy atom. The predicted octanol–water partition coefficient (Wildman–Crippen LogP) is 3.59. The Bertz CT molecular complexity index is 823. The van der Waals surface area contributed by atoms with Crippen molar-refractivity contribution in [1.82, 2.24) is 5.32 Å². The van der Waals surface area contributed by atoms with Crippen molar-refractivity contribution in [3.8, 4) is 0 Å². The zero-order valence-corrected chi connectivity index (χ0v) is 15.0. The van der Waals surface area contributed by atoms with Gasteiger partial charge in [-0.25, -0.2) is 8.42 Å². The molecule has 0 aromatic heterocycles. The standard InChI is InChI=1S/C17H19ClN2O3S/c1-3-16(12-7-5-4-6-8-12)19-17(21)14-11-13(9-10-15(14)18)20-24(2,22)23/h4-11,16,20H,3H2,1-2H3,(H,19,21)/t16-/m0/s1. The Morgan fingerprint density at radius 1 is 1.17 bits per heavy atom. The monoisotopic (exact) mass is 366 g/mol. The largest absolute Gasteiger partial charge is 0.345 e. The Kier molecular flexibility index (Phi) is 5.85. The Morgan fingerprint density at radius 2 is 1.83 bits per heavy atom. The molecule has 0 aliphatic carbocycles. The molecular weight excluding hydrogens is 348 g/mol. The van der Waals surface area contributed by atoms with Crippen LogP contribution in [0.25, 0.3) is 0 Å². The van der Waals surface area contributed by atoms with Crippen LogP contribution in [0, 0.1) is 0 Å². The second-order valence-corrected chi connectivity index (χ2v) is 7.57. The zero-order chi connectivity index (χ0) is 17.7. The van der Waals surface area contributed by atoms with E-state index >= 15 is 0 Å². The first-order valence-electron chi connectivity index (χ1n) is 7.43. The number of carbonyl (C=O) groups is 1. The highest BCUT2D eigenvalue weighted by Gasteiger charge is 2.17. The maximum atomic E-state index is 12.6. The van der Waals surface area contributed by atoms with Gasteiger partial charge >= 0.3 is 0 Å².